The first kappa shape index (κ1) is 13.9. The van der Waals surface area contributed by atoms with Gasteiger partial charge in [-0.1, -0.05) is 30.3 Å². The van der Waals surface area contributed by atoms with E-state index in [1.807, 2.05) is 47.6 Å². The second kappa shape index (κ2) is 5.74. The Morgan fingerprint density at radius 3 is 2.67 bits per heavy atom. The van der Waals surface area contributed by atoms with Crippen molar-refractivity contribution in [3.05, 3.63) is 48.3 Å². The van der Waals surface area contributed by atoms with Gasteiger partial charge < -0.3 is 14.8 Å². The summed E-state index contributed by atoms with van der Waals surface area (Å²) in [5.74, 6) is 0.121. The second-order valence-electron chi connectivity index (χ2n) is 5.76. The monoisotopic (exact) mass is 283 g/mol. The van der Waals surface area contributed by atoms with Crippen molar-refractivity contribution in [3.63, 3.8) is 0 Å². The van der Waals surface area contributed by atoms with Gasteiger partial charge >= 0.3 is 0 Å². The van der Waals surface area contributed by atoms with Gasteiger partial charge in [-0.15, -0.1) is 0 Å². The Morgan fingerprint density at radius 2 is 1.95 bits per heavy atom. The second-order valence-corrected chi connectivity index (χ2v) is 5.76. The molecule has 0 saturated carbocycles. The van der Waals surface area contributed by atoms with Gasteiger partial charge in [-0.3, -0.25) is 4.79 Å². The summed E-state index contributed by atoms with van der Waals surface area (Å²) in [6, 6.07) is 10.3. The standard InChI is InChI=1S/C17H21N3O/c1-13-12-19(2)8-9-20(13)17(21)16-11-18-10-15(16)14-6-4-3-5-7-14/h3-7,10-11,13,18H,8-9,12H2,1-2H3. The highest BCUT2D eigenvalue weighted by Crippen LogP contribution is 2.25. The zero-order valence-corrected chi connectivity index (χ0v) is 12.5. The first-order valence-corrected chi connectivity index (χ1v) is 7.38. The maximum Gasteiger partial charge on any atom is 0.256 e. The Balaban J connectivity index is 1.88. The van der Waals surface area contributed by atoms with E-state index in [1.165, 1.54) is 0 Å². The van der Waals surface area contributed by atoms with Crippen molar-refractivity contribution in [2.75, 3.05) is 26.7 Å². The molecule has 1 N–H and O–H groups in total. The molecular weight excluding hydrogens is 262 g/mol. The molecular formula is C17H21N3O. The largest absolute Gasteiger partial charge is 0.366 e. The van der Waals surface area contributed by atoms with Crippen LogP contribution < -0.4 is 0 Å². The number of nitrogens with zero attached hydrogens (tertiary/aromatic N) is 2. The molecule has 1 aromatic carbocycles. The fraction of sp³-hybridized carbons (Fsp3) is 0.353. The molecule has 3 rings (SSSR count). The zero-order valence-electron chi connectivity index (χ0n) is 12.5. The van der Waals surface area contributed by atoms with Crippen molar-refractivity contribution in [1.82, 2.24) is 14.8 Å². The van der Waals surface area contributed by atoms with Crippen LogP contribution in [0.25, 0.3) is 11.1 Å². The Kier molecular flexibility index (Phi) is 3.80. The molecule has 2 aromatic rings. The quantitative estimate of drug-likeness (QED) is 0.919. The summed E-state index contributed by atoms with van der Waals surface area (Å²) >= 11 is 0. The molecule has 1 fully saturated rings. The van der Waals surface area contributed by atoms with Crippen LogP contribution in [0.15, 0.2) is 42.7 Å². The number of aromatic amines is 1. The van der Waals surface area contributed by atoms with Gasteiger partial charge in [0.25, 0.3) is 5.91 Å². The van der Waals surface area contributed by atoms with E-state index in [-0.39, 0.29) is 11.9 Å². The minimum absolute atomic E-state index is 0.121. The molecule has 4 heteroatoms. The highest BCUT2D eigenvalue weighted by atomic mass is 16.2. The van der Waals surface area contributed by atoms with Crippen LogP contribution in [0.1, 0.15) is 17.3 Å². The van der Waals surface area contributed by atoms with E-state index in [0.29, 0.717) is 0 Å². The van der Waals surface area contributed by atoms with E-state index in [1.54, 1.807) is 0 Å². The average molecular weight is 283 g/mol. The number of aromatic nitrogens is 1. The van der Waals surface area contributed by atoms with E-state index in [4.69, 9.17) is 0 Å². The Morgan fingerprint density at radius 1 is 1.19 bits per heavy atom. The first-order chi connectivity index (χ1) is 10.2. The number of amides is 1. The van der Waals surface area contributed by atoms with Gasteiger partial charge in [0.1, 0.15) is 0 Å². The van der Waals surface area contributed by atoms with Crippen molar-refractivity contribution in [2.45, 2.75) is 13.0 Å². The number of nitrogens with one attached hydrogen (secondary N) is 1. The van der Waals surface area contributed by atoms with E-state index < -0.39 is 0 Å². The lowest BCUT2D eigenvalue weighted by atomic mass is 10.0. The molecule has 1 unspecified atom stereocenters. The minimum Gasteiger partial charge on any atom is -0.366 e. The van der Waals surface area contributed by atoms with Gasteiger partial charge in [-0.25, -0.2) is 0 Å². The van der Waals surface area contributed by atoms with Crippen molar-refractivity contribution in [1.29, 1.82) is 0 Å². The van der Waals surface area contributed by atoms with Crippen LogP contribution in [-0.4, -0.2) is 53.4 Å². The number of likely N-dealkylation sites (N-methyl/N-ethyl adjacent to an activating group) is 1. The molecule has 0 bridgehead atoms. The van der Waals surface area contributed by atoms with Crippen molar-refractivity contribution < 1.29 is 4.79 Å². The molecule has 1 aliphatic heterocycles. The summed E-state index contributed by atoms with van der Waals surface area (Å²) in [5.41, 5.74) is 2.81. The van der Waals surface area contributed by atoms with Gasteiger partial charge in [0.2, 0.25) is 0 Å². The van der Waals surface area contributed by atoms with Gasteiger partial charge in [0.15, 0.2) is 0 Å². The highest BCUT2D eigenvalue weighted by molar-refractivity contribution is 6.01. The predicted molar refractivity (Wildman–Crippen MR) is 84.2 cm³/mol. The molecule has 4 nitrogen and oxygen atoms in total. The van der Waals surface area contributed by atoms with E-state index in [9.17, 15) is 4.79 Å². The lowest BCUT2D eigenvalue weighted by molar-refractivity contribution is 0.0534. The molecule has 21 heavy (non-hydrogen) atoms. The molecule has 1 atom stereocenters. The van der Waals surface area contributed by atoms with E-state index >= 15 is 0 Å². The van der Waals surface area contributed by atoms with Gasteiger partial charge in [0, 0.05) is 43.6 Å². The predicted octanol–water partition coefficient (Wildman–Crippen LogP) is 2.46. The molecule has 110 valence electrons. The molecule has 2 heterocycles. The highest BCUT2D eigenvalue weighted by Gasteiger charge is 2.28. The van der Waals surface area contributed by atoms with Crippen LogP contribution in [0, 0.1) is 0 Å². The van der Waals surface area contributed by atoms with Crippen LogP contribution in [0.5, 0.6) is 0 Å². The summed E-state index contributed by atoms with van der Waals surface area (Å²) in [4.78, 5) is 20.2. The van der Waals surface area contributed by atoms with E-state index in [0.717, 1.165) is 36.3 Å². The molecule has 1 amide bonds. The van der Waals surface area contributed by atoms with Gasteiger partial charge in [0.05, 0.1) is 5.56 Å². The third-order valence-electron chi connectivity index (χ3n) is 4.15. The summed E-state index contributed by atoms with van der Waals surface area (Å²) in [5, 5.41) is 0. The SMILES string of the molecule is CC1CN(C)CCN1C(=O)c1c[nH]cc1-c1ccccc1. The Hall–Kier alpha value is -2.07. The fourth-order valence-electron chi connectivity index (χ4n) is 2.99. The topological polar surface area (TPSA) is 39.3 Å². The van der Waals surface area contributed by atoms with Crippen molar-refractivity contribution in [2.24, 2.45) is 0 Å². The number of H-pyrrole nitrogens is 1. The number of hydrogen-bond donors (Lipinski definition) is 1. The first-order valence-electron chi connectivity index (χ1n) is 7.38. The molecule has 0 spiro atoms. The van der Waals surface area contributed by atoms with Gasteiger partial charge in [-0.05, 0) is 19.5 Å². The molecule has 0 radical (unpaired) electrons. The van der Waals surface area contributed by atoms with Gasteiger partial charge in [-0.2, -0.15) is 0 Å². The maximum atomic E-state index is 12.9. The summed E-state index contributed by atoms with van der Waals surface area (Å²) in [7, 11) is 2.10. The smallest absolute Gasteiger partial charge is 0.256 e. The molecule has 1 saturated heterocycles. The van der Waals surface area contributed by atoms with Crippen LogP contribution in [-0.2, 0) is 0 Å². The molecule has 0 aliphatic carbocycles. The van der Waals surface area contributed by atoms with Crippen molar-refractivity contribution >= 4 is 5.91 Å². The Bertz CT molecular complexity index is 620. The molecule has 1 aromatic heterocycles. The normalized spacial score (nSPS) is 19.7. The fourth-order valence-corrected chi connectivity index (χ4v) is 2.99. The number of rotatable bonds is 2. The van der Waals surface area contributed by atoms with Crippen LogP contribution in [0.3, 0.4) is 0 Å². The molecule has 1 aliphatic rings. The average Bonchev–Trinajstić information content (AvgIpc) is 2.97. The number of carbonyl (C=O) groups excluding carboxylic acids is 1. The van der Waals surface area contributed by atoms with Crippen LogP contribution in [0.2, 0.25) is 0 Å². The lowest BCUT2D eigenvalue weighted by Crippen LogP contribution is -2.52. The number of piperazine rings is 1. The van der Waals surface area contributed by atoms with E-state index in [2.05, 4.69) is 23.9 Å². The number of carbonyl (C=O) groups is 1. The third-order valence-corrected chi connectivity index (χ3v) is 4.15. The van der Waals surface area contributed by atoms with Crippen LogP contribution in [0.4, 0.5) is 0 Å². The third kappa shape index (κ3) is 2.72. The number of hydrogen-bond acceptors (Lipinski definition) is 2. The minimum atomic E-state index is 0.121. The summed E-state index contributed by atoms with van der Waals surface area (Å²) < 4.78 is 0. The maximum absolute atomic E-state index is 12.9. The lowest BCUT2D eigenvalue weighted by Gasteiger charge is -2.38. The number of benzene rings is 1. The zero-order chi connectivity index (χ0) is 14.8. The summed E-state index contributed by atoms with van der Waals surface area (Å²) in [6.45, 7) is 4.76. The summed E-state index contributed by atoms with van der Waals surface area (Å²) in [6.07, 6.45) is 3.72. The Labute approximate surface area is 125 Å². The van der Waals surface area contributed by atoms with Crippen LogP contribution >= 0.6 is 0 Å². The van der Waals surface area contributed by atoms with Crippen molar-refractivity contribution in [3.8, 4) is 11.1 Å².